The molecule has 2 N–H and O–H groups in total. The van der Waals surface area contributed by atoms with Gasteiger partial charge in [0.15, 0.2) is 0 Å². The van der Waals surface area contributed by atoms with Gasteiger partial charge in [-0.25, -0.2) is 13.2 Å². The van der Waals surface area contributed by atoms with Gasteiger partial charge in [-0.15, -0.1) is 0 Å². The summed E-state index contributed by atoms with van der Waals surface area (Å²) in [6.45, 7) is 0.337. The lowest BCUT2D eigenvalue weighted by Gasteiger charge is -2.25. The number of sulfonamides is 1. The number of carbonyl (C=O) groups is 1. The van der Waals surface area contributed by atoms with Crippen LogP contribution < -0.4 is 0 Å². The molecule has 0 aliphatic carbocycles. The fourth-order valence-corrected chi connectivity index (χ4v) is 4.52. The quantitative estimate of drug-likeness (QED) is 0.766. The number of benzene rings is 1. The number of carboxylic acids is 1. The number of hydrogen-bond acceptors (Lipinski definition) is 5. The van der Waals surface area contributed by atoms with Gasteiger partial charge in [0.05, 0.1) is 17.0 Å². The Balaban J connectivity index is 0.000000370. The Kier molecular flexibility index (Phi) is 7.33. The van der Waals surface area contributed by atoms with Gasteiger partial charge in [-0.05, 0) is 36.6 Å². The van der Waals surface area contributed by atoms with Crippen molar-refractivity contribution in [1.82, 2.24) is 9.29 Å². The maximum absolute atomic E-state index is 12.8. The first-order valence-electron chi connectivity index (χ1n) is 8.47. The van der Waals surface area contributed by atoms with Gasteiger partial charge >= 0.3 is 12.1 Å². The highest BCUT2D eigenvalue weighted by Gasteiger charge is 2.40. The highest BCUT2D eigenvalue weighted by atomic mass is 32.2. The molecule has 0 spiro atoms. The summed E-state index contributed by atoms with van der Waals surface area (Å²) in [6, 6.07) is 11.6. The fraction of sp³-hybridized carbons (Fsp3) is 0.333. The maximum atomic E-state index is 12.8. The summed E-state index contributed by atoms with van der Waals surface area (Å²) >= 11 is 0. The summed E-state index contributed by atoms with van der Waals surface area (Å²) in [5.74, 6) is -2.76. The second-order valence-electron chi connectivity index (χ2n) is 6.22. The molecule has 1 aliphatic rings. The van der Waals surface area contributed by atoms with Crippen molar-refractivity contribution < 1.29 is 36.6 Å². The van der Waals surface area contributed by atoms with Gasteiger partial charge in [-0.2, -0.15) is 17.5 Å². The number of pyridine rings is 1. The molecule has 0 bridgehead atoms. The topological polar surface area (TPSA) is 108 Å². The first-order valence-corrected chi connectivity index (χ1v) is 9.91. The van der Waals surface area contributed by atoms with Crippen molar-refractivity contribution in [3.05, 3.63) is 60.4 Å². The Bertz CT molecular complexity index is 908. The molecule has 0 saturated carbocycles. The van der Waals surface area contributed by atoms with Gasteiger partial charge in [0.2, 0.25) is 10.0 Å². The Hall–Kier alpha value is -2.50. The summed E-state index contributed by atoms with van der Waals surface area (Å²) in [4.78, 5) is 13.2. The molecule has 2 aromatic rings. The van der Waals surface area contributed by atoms with E-state index in [2.05, 4.69) is 4.98 Å². The molecule has 3 rings (SSSR count). The van der Waals surface area contributed by atoms with Crippen LogP contribution in [0.1, 0.15) is 12.0 Å². The van der Waals surface area contributed by atoms with E-state index in [9.17, 15) is 26.7 Å². The fourth-order valence-electron chi connectivity index (χ4n) is 2.83. The van der Waals surface area contributed by atoms with Crippen LogP contribution in [0, 0.1) is 0 Å². The highest BCUT2D eigenvalue weighted by molar-refractivity contribution is 7.89. The summed E-state index contributed by atoms with van der Waals surface area (Å²) in [7, 11) is -3.59. The minimum atomic E-state index is -5.08. The third-order valence-corrected chi connectivity index (χ3v) is 6.16. The second-order valence-corrected chi connectivity index (χ2v) is 8.11. The number of rotatable bonds is 4. The van der Waals surface area contributed by atoms with Crippen molar-refractivity contribution in [2.24, 2.45) is 0 Å². The summed E-state index contributed by atoms with van der Waals surface area (Å²) in [5, 5.41) is 17.3. The highest BCUT2D eigenvalue weighted by Crippen LogP contribution is 2.28. The lowest BCUT2D eigenvalue weighted by atomic mass is 10.0. The number of alkyl halides is 3. The molecule has 0 radical (unpaired) electrons. The van der Waals surface area contributed by atoms with E-state index in [0.717, 1.165) is 5.56 Å². The molecular weight excluding hydrogens is 413 g/mol. The van der Waals surface area contributed by atoms with Gasteiger partial charge in [0.1, 0.15) is 0 Å². The molecule has 1 aromatic heterocycles. The predicted molar refractivity (Wildman–Crippen MR) is 96.4 cm³/mol. The summed E-state index contributed by atoms with van der Waals surface area (Å²) in [5.41, 5.74) is 0.918. The lowest BCUT2D eigenvalue weighted by molar-refractivity contribution is -0.192. The van der Waals surface area contributed by atoms with Crippen LogP contribution in [0.5, 0.6) is 0 Å². The normalized spacial score (nSPS) is 20.0. The van der Waals surface area contributed by atoms with Crippen molar-refractivity contribution in [3.8, 4) is 0 Å². The van der Waals surface area contributed by atoms with E-state index in [1.807, 2.05) is 12.1 Å². The van der Waals surface area contributed by atoms with Crippen LogP contribution in [0.25, 0.3) is 0 Å². The van der Waals surface area contributed by atoms with Crippen LogP contribution in [-0.2, 0) is 21.2 Å². The molecule has 2 atom stereocenters. The second kappa shape index (κ2) is 9.33. The van der Waals surface area contributed by atoms with E-state index in [-0.39, 0.29) is 4.90 Å². The van der Waals surface area contributed by atoms with Crippen LogP contribution in [0.15, 0.2) is 59.8 Å². The molecule has 0 amide bonds. The van der Waals surface area contributed by atoms with Crippen LogP contribution in [0.2, 0.25) is 0 Å². The summed E-state index contributed by atoms with van der Waals surface area (Å²) in [6.07, 6.45) is -1.44. The lowest BCUT2D eigenvalue weighted by Crippen LogP contribution is -2.41. The number of hydrogen-bond donors (Lipinski definition) is 2. The molecule has 11 heteroatoms. The smallest absolute Gasteiger partial charge is 0.475 e. The van der Waals surface area contributed by atoms with Gasteiger partial charge in [0, 0.05) is 18.9 Å². The molecule has 2 heterocycles. The molecule has 1 aromatic carbocycles. The molecular formula is C18H19F3N2O5S. The van der Waals surface area contributed by atoms with E-state index >= 15 is 0 Å². The molecule has 1 fully saturated rings. The Morgan fingerprint density at radius 1 is 1.17 bits per heavy atom. The van der Waals surface area contributed by atoms with Crippen molar-refractivity contribution in [2.75, 3.05) is 6.54 Å². The monoisotopic (exact) mass is 432 g/mol. The zero-order valence-electron chi connectivity index (χ0n) is 15.0. The van der Waals surface area contributed by atoms with E-state index in [0.29, 0.717) is 19.4 Å². The molecule has 7 nitrogen and oxygen atoms in total. The van der Waals surface area contributed by atoms with E-state index in [1.54, 1.807) is 42.7 Å². The number of aliphatic carboxylic acids is 1. The van der Waals surface area contributed by atoms with Crippen LogP contribution in [0.3, 0.4) is 0 Å². The first-order chi connectivity index (χ1) is 13.5. The number of halogens is 3. The Morgan fingerprint density at radius 2 is 1.79 bits per heavy atom. The molecule has 29 heavy (non-hydrogen) atoms. The van der Waals surface area contributed by atoms with Crippen molar-refractivity contribution in [2.45, 2.75) is 36.1 Å². The van der Waals surface area contributed by atoms with E-state index in [4.69, 9.17) is 9.90 Å². The van der Waals surface area contributed by atoms with E-state index in [1.165, 1.54) is 4.31 Å². The van der Waals surface area contributed by atoms with Crippen LogP contribution in [-0.4, -0.2) is 58.8 Å². The molecule has 1 aliphatic heterocycles. The van der Waals surface area contributed by atoms with Crippen molar-refractivity contribution in [1.29, 1.82) is 0 Å². The number of nitrogens with zero attached hydrogens (tertiary/aromatic N) is 2. The van der Waals surface area contributed by atoms with Crippen molar-refractivity contribution in [3.63, 3.8) is 0 Å². The third kappa shape index (κ3) is 5.99. The third-order valence-electron chi connectivity index (χ3n) is 4.22. The Morgan fingerprint density at radius 3 is 2.31 bits per heavy atom. The molecule has 158 valence electrons. The molecule has 1 saturated heterocycles. The SMILES string of the molecule is O=C(O)C(F)(F)F.O=S(=O)(c1ccccc1)N1CC[C@@H](O)[C@@H]1Cc1cccnc1. The average Bonchev–Trinajstić information content (AvgIpc) is 3.04. The van der Waals surface area contributed by atoms with Gasteiger partial charge in [-0.3, -0.25) is 4.98 Å². The van der Waals surface area contributed by atoms with Gasteiger partial charge in [0.25, 0.3) is 0 Å². The molecule has 0 unspecified atom stereocenters. The largest absolute Gasteiger partial charge is 0.490 e. The number of carboxylic acid groups (broad SMARTS) is 1. The Labute approximate surface area is 165 Å². The number of aromatic nitrogens is 1. The average molecular weight is 432 g/mol. The zero-order chi connectivity index (χ0) is 21.7. The minimum Gasteiger partial charge on any atom is -0.475 e. The predicted octanol–water partition coefficient (Wildman–Crippen LogP) is 2.08. The maximum Gasteiger partial charge on any atom is 0.490 e. The van der Waals surface area contributed by atoms with E-state index < -0.39 is 34.3 Å². The summed E-state index contributed by atoms with van der Waals surface area (Å²) < 4.78 is 58.7. The van der Waals surface area contributed by atoms with Crippen LogP contribution in [0.4, 0.5) is 13.2 Å². The number of aliphatic hydroxyl groups is 1. The first kappa shape index (κ1) is 22.8. The standard InChI is InChI=1S/C16H18N2O3S.C2HF3O2/c19-16-8-10-18(15(16)11-13-5-4-9-17-12-13)22(20,21)14-6-2-1-3-7-14;3-2(4,5)1(6)7/h1-7,9,12,15-16,19H,8,10-11H2;(H,6,7)/t15-,16+;/m0./s1. The van der Waals surface area contributed by atoms with Gasteiger partial charge < -0.3 is 10.2 Å². The minimum absolute atomic E-state index is 0.264. The van der Waals surface area contributed by atoms with Gasteiger partial charge in [-0.1, -0.05) is 24.3 Å². The zero-order valence-corrected chi connectivity index (χ0v) is 15.8. The number of aliphatic hydroxyl groups excluding tert-OH is 1. The van der Waals surface area contributed by atoms with Crippen molar-refractivity contribution >= 4 is 16.0 Å². The van der Waals surface area contributed by atoms with Crippen LogP contribution >= 0.6 is 0 Å².